The van der Waals surface area contributed by atoms with Gasteiger partial charge in [0.1, 0.15) is 5.75 Å². The summed E-state index contributed by atoms with van der Waals surface area (Å²) in [5, 5.41) is 26.0. The van der Waals surface area contributed by atoms with Crippen molar-refractivity contribution in [1.29, 1.82) is 0 Å². The Kier molecular flexibility index (Phi) is 7.59. The van der Waals surface area contributed by atoms with Crippen LogP contribution in [0.2, 0.25) is 0 Å². The van der Waals surface area contributed by atoms with Crippen LogP contribution in [0.25, 0.3) is 11.1 Å². The summed E-state index contributed by atoms with van der Waals surface area (Å²) in [6.07, 6.45) is 2.20. The lowest BCUT2D eigenvalue weighted by atomic mass is 9.52. The Hall–Kier alpha value is -4.45. The maximum Gasteiger partial charge on any atom is 0.235 e. The van der Waals surface area contributed by atoms with E-state index in [1.165, 1.54) is 11.0 Å². The van der Waals surface area contributed by atoms with E-state index in [4.69, 9.17) is 5.73 Å². The monoisotopic (exact) mass is 612 g/mol. The van der Waals surface area contributed by atoms with Crippen LogP contribution in [0.4, 0.5) is 0 Å². The molecule has 11 heteroatoms. The maximum absolute atomic E-state index is 14.0. The van der Waals surface area contributed by atoms with Gasteiger partial charge in [-0.15, -0.1) is 0 Å². The summed E-state index contributed by atoms with van der Waals surface area (Å²) in [6, 6.07) is 13.9. The predicted octanol–water partition coefficient (Wildman–Crippen LogP) is 1.16. The van der Waals surface area contributed by atoms with Gasteiger partial charge in [0, 0.05) is 37.9 Å². The molecule has 2 aromatic carbocycles. The lowest BCUT2D eigenvalue weighted by molar-refractivity contribution is -0.181. The summed E-state index contributed by atoms with van der Waals surface area (Å²) >= 11 is 0. The Bertz CT molecular complexity index is 1740. The number of hydrogen-bond donors (Lipinski definition) is 4. The molecule has 1 aromatic heterocycles. The molecule has 0 bridgehead atoms. The summed E-state index contributed by atoms with van der Waals surface area (Å²) in [4.78, 5) is 68.4. The molecule has 6 atom stereocenters. The van der Waals surface area contributed by atoms with Crippen LogP contribution in [-0.2, 0) is 45.7 Å². The minimum absolute atomic E-state index is 0.00470. The fourth-order valence-corrected chi connectivity index (χ4v) is 7.69. The molecular formula is C34H36N4O7. The van der Waals surface area contributed by atoms with Gasteiger partial charge < -0.3 is 25.8 Å². The highest BCUT2D eigenvalue weighted by Crippen LogP contribution is 2.51. The smallest absolute Gasteiger partial charge is 0.235 e. The Morgan fingerprint density at radius 3 is 2.38 bits per heavy atom. The quantitative estimate of drug-likeness (QED) is 0.286. The molecule has 0 spiro atoms. The van der Waals surface area contributed by atoms with Crippen LogP contribution < -0.4 is 11.1 Å². The van der Waals surface area contributed by atoms with E-state index in [9.17, 15) is 34.2 Å². The third-order valence-electron chi connectivity index (χ3n) is 9.90. The van der Waals surface area contributed by atoms with Gasteiger partial charge in [0.25, 0.3) is 0 Å². The average molecular weight is 613 g/mol. The fraction of sp³-hybridized carbons (Fsp3) is 0.382. The van der Waals surface area contributed by atoms with Gasteiger partial charge in [-0.1, -0.05) is 30.3 Å². The SMILES string of the molecule is CN(C)[C@@H]1C(=O)C(C(N)=O)C(=O)[C@@]2(O)C(=O)C3C(=O)c4c(O)ccc(-c5ccc(CNCc6cccn6C)cc5)c4C[C@H]3C[C@@H]12. The van der Waals surface area contributed by atoms with Crippen molar-refractivity contribution in [1.82, 2.24) is 14.8 Å². The molecule has 234 valence electrons. The van der Waals surface area contributed by atoms with E-state index in [2.05, 4.69) is 16.0 Å². The Morgan fingerprint density at radius 1 is 1.04 bits per heavy atom. The van der Waals surface area contributed by atoms with Crippen molar-refractivity contribution in [2.45, 2.75) is 37.6 Å². The first-order chi connectivity index (χ1) is 21.4. The highest BCUT2D eigenvalue weighted by Gasteiger charge is 2.69. The first kappa shape index (κ1) is 30.6. The number of carbonyl (C=O) groups is 5. The summed E-state index contributed by atoms with van der Waals surface area (Å²) in [7, 11) is 5.12. The molecule has 3 aliphatic rings. The molecule has 0 radical (unpaired) electrons. The number of amides is 1. The number of likely N-dealkylation sites (N-methyl/N-ethyl adjacent to an activating group) is 1. The van der Waals surface area contributed by atoms with E-state index in [0.717, 1.165) is 22.4 Å². The van der Waals surface area contributed by atoms with Crippen molar-refractivity contribution < 1.29 is 34.2 Å². The highest BCUT2D eigenvalue weighted by molar-refractivity contribution is 6.32. The molecule has 11 nitrogen and oxygen atoms in total. The summed E-state index contributed by atoms with van der Waals surface area (Å²) in [6.45, 7) is 1.36. The number of rotatable bonds is 7. The largest absolute Gasteiger partial charge is 0.507 e. The lowest BCUT2D eigenvalue weighted by Crippen LogP contribution is -2.74. The number of phenols is 1. The van der Waals surface area contributed by atoms with Crippen LogP contribution in [0.3, 0.4) is 0 Å². The molecule has 3 aromatic rings. The number of aryl methyl sites for hydroxylation is 1. The van der Waals surface area contributed by atoms with Crippen molar-refractivity contribution in [3.8, 4) is 16.9 Å². The van der Waals surface area contributed by atoms with Crippen molar-refractivity contribution in [2.24, 2.45) is 36.5 Å². The Balaban J connectivity index is 1.32. The van der Waals surface area contributed by atoms with E-state index in [0.29, 0.717) is 18.7 Å². The van der Waals surface area contributed by atoms with E-state index in [1.54, 1.807) is 20.2 Å². The van der Waals surface area contributed by atoms with Crippen LogP contribution >= 0.6 is 0 Å². The minimum Gasteiger partial charge on any atom is -0.507 e. The number of aromatic nitrogens is 1. The van der Waals surface area contributed by atoms with Crippen molar-refractivity contribution in [3.05, 3.63) is 77.1 Å². The number of aliphatic hydroxyl groups is 1. The molecule has 1 amide bonds. The van der Waals surface area contributed by atoms with Crippen LogP contribution in [0.5, 0.6) is 5.75 Å². The number of nitrogens with one attached hydrogen (secondary N) is 1. The van der Waals surface area contributed by atoms with Crippen molar-refractivity contribution in [3.63, 3.8) is 0 Å². The molecule has 3 aliphatic carbocycles. The lowest BCUT2D eigenvalue weighted by Gasteiger charge is -2.52. The predicted molar refractivity (Wildman–Crippen MR) is 163 cm³/mol. The van der Waals surface area contributed by atoms with Gasteiger partial charge in [-0.05, 0) is 73.3 Å². The van der Waals surface area contributed by atoms with Gasteiger partial charge >= 0.3 is 0 Å². The number of ketones is 4. The van der Waals surface area contributed by atoms with Crippen LogP contribution in [0.15, 0.2) is 54.7 Å². The molecule has 2 unspecified atom stereocenters. The van der Waals surface area contributed by atoms with E-state index in [-0.39, 0.29) is 24.2 Å². The first-order valence-corrected chi connectivity index (χ1v) is 15.0. The van der Waals surface area contributed by atoms with Gasteiger partial charge in [-0.25, -0.2) is 0 Å². The first-order valence-electron chi connectivity index (χ1n) is 15.0. The van der Waals surface area contributed by atoms with E-state index >= 15 is 0 Å². The number of primary amides is 1. The number of carbonyl (C=O) groups excluding carboxylic acids is 5. The Morgan fingerprint density at radius 2 is 1.76 bits per heavy atom. The van der Waals surface area contributed by atoms with Crippen molar-refractivity contribution >= 4 is 29.0 Å². The zero-order chi connectivity index (χ0) is 32.4. The van der Waals surface area contributed by atoms with Crippen LogP contribution in [-0.4, -0.2) is 74.5 Å². The maximum atomic E-state index is 14.0. The van der Waals surface area contributed by atoms with Gasteiger partial charge in [0.05, 0.1) is 17.5 Å². The van der Waals surface area contributed by atoms with E-state index in [1.807, 2.05) is 43.6 Å². The Labute approximate surface area is 260 Å². The van der Waals surface area contributed by atoms with Gasteiger partial charge in [0.15, 0.2) is 34.7 Å². The second kappa shape index (κ2) is 11.2. The number of hydrogen-bond acceptors (Lipinski definition) is 9. The number of Topliss-reactive ketones (excluding diaryl/α,β-unsaturated/α-hetero) is 4. The number of fused-ring (bicyclic) bond motifs is 3. The normalized spacial score (nSPS) is 27.7. The molecule has 5 N–H and O–H groups in total. The molecule has 0 aliphatic heterocycles. The molecule has 6 rings (SSSR count). The number of benzene rings is 2. The van der Waals surface area contributed by atoms with Gasteiger partial charge in [-0.3, -0.25) is 28.9 Å². The zero-order valence-corrected chi connectivity index (χ0v) is 25.3. The number of phenolic OH excluding ortho intramolecular Hbond substituents is 1. The molecule has 45 heavy (non-hydrogen) atoms. The second-order valence-electron chi connectivity index (χ2n) is 12.7. The summed E-state index contributed by atoms with van der Waals surface area (Å²) < 4.78 is 2.05. The van der Waals surface area contributed by atoms with Gasteiger partial charge in [-0.2, -0.15) is 0 Å². The number of aromatic hydroxyl groups is 1. The zero-order valence-electron chi connectivity index (χ0n) is 25.3. The average Bonchev–Trinajstić information content (AvgIpc) is 3.39. The molecule has 0 saturated heterocycles. The van der Waals surface area contributed by atoms with Crippen molar-refractivity contribution in [2.75, 3.05) is 14.1 Å². The fourth-order valence-electron chi connectivity index (χ4n) is 7.69. The highest BCUT2D eigenvalue weighted by atomic mass is 16.3. The van der Waals surface area contributed by atoms with E-state index < -0.39 is 64.4 Å². The topological polar surface area (TPSA) is 172 Å². The second-order valence-corrected chi connectivity index (χ2v) is 12.7. The minimum atomic E-state index is -2.74. The molecule has 2 fully saturated rings. The molecule has 2 saturated carbocycles. The summed E-state index contributed by atoms with van der Waals surface area (Å²) in [5.74, 6) is -10.6. The standard InChI is InChI=1S/C34H36N4O7/c1-37(2)28-23-14-19-13-22-21(18-8-6-17(7-9-18)15-36-16-20-5-4-12-38(20)3)10-11-24(39)26(22)29(40)25(19)31(42)34(23,45)32(43)27(30(28)41)33(35)44/h4-12,19,23,25,27-28,36,39,45H,13-16H2,1-3H3,(H2,35,44)/t19-,23-,25?,27?,28-,34-/m0/s1. The molecular weight excluding hydrogens is 576 g/mol. The molecule has 1 heterocycles. The summed E-state index contributed by atoms with van der Waals surface area (Å²) in [5.41, 5.74) is 6.95. The number of nitrogens with two attached hydrogens (primary N) is 1. The van der Waals surface area contributed by atoms with Crippen LogP contribution in [0.1, 0.15) is 33.6 Å². The van der Waals surface area contributed by atoms with Gasteiger partial charge in [0.2, 0.25) is 5.91 Å². The number of nitrogens with zero attached hydrogens (tertiary/aromatic N) is 2. The van der Waals surface area contributed by atoms with Crippen LogP contribution in [0, 0.1) is 23.7 Å². The third kappa shape index (κ3) is 4.73. The third-order valence-corrected chi connectivity index (χ3v) is 9.90.